The molecule has 2 bridgehead atoms. The van der Waals surface area contributed by atoms with Crippen molar-refractivity contribution in [2.45, 2.75) is 25.0 Å². The zero-order valence-electron chi connectivity index (χ0n) is 8.90. The van der Waals surface area contributed by atoms with Crippen LogP contribution in [0.5, 0.6) is 0 Å². The Labute approximate surface area is 88.9 Å². The van der Waals surface area contributed by atoms with Gasteiger partial charge in [0, 0.05) is 12.3 Å². The van der Waals surface area contributed by atoms with Gasteiger partial charge in [-0.1, -0.05) is 0 Å². The van der Waals surface area contributed by atoms with Crippen molar-refractivity contribution in [3.63, 3.8) is 0 Å². The molecule has 0 aromatic heterocycles. The molecule has 1 spiro atoms. The minimum atomic E-state index is -0.443. The average Bonchev–Trinajstić information content (AvgIpc) is 2.92. The summed E-state index contributed by atoms with van der Waals surface area (Å²) in [6.07, 6.45) is 3.01. The van der Waals surface area contributed by atoms with Gasteiger partial charge in [-0.3, -0.25) is 4.79 Å². The summed E-state index contributed by atoms with van der Waals surface area (Å²) in [7, 11) is 1.46. The number of esters is 1. The van der Waals surface area contributed by atoms with Crippen molar-refractivity contribution >= 4 is 5.97 Å². The van der Waals surface area contributed by atoms with E-state index in [4.69, 9.17) is 14.2 Å². The summed E-state index contributed by atoms with van der Waals surface area (Å²) in [4.78, 5) is 11.7. The molecule has 0 N–H and O–H groups in total. The highest BCUT2D eigenvalue weighted by atomic mass is 16.7. The van der Waals surface area contributed by atoms with Gasteiger partial charge >= 0.3 is 5.97 Å². The first kappa shape index (κ1) is 9.60. The highest BCUT2D eigenvalue weighted by molar-refractivity contribution is 5.74. The van der Waals surface area contributed by atoms with Crippen molar-refractivity contribution in [2.24, 2.45) is 17.8 Å². The molecule has 1 saturated heterocycles. The fraction of sp³-hybridized carbons (Fsp3) is 0.909. The Balaban J connectivity index is 1.86. The third-order valence-electron chi connectivity index (χ3n) is 4.15. The van der Waals surface area contributed by atoms with Gasteiger partial charge in [-0.05, 0) is 18.8 Å². The summed E-state index contributed by atoms with van der Waals surface area (Å²) in [5.74, 6) is 0.103. The molecule has 0 aromatic carbocycles. The zero-order chi connectivity index (χ0) is 10.5. The first-order chi connectivity index (χ1) is 7.27. The number of fused-ring (bicyclic) bond motifs is 3. The van der Waals surface area contributed by atoms with Crippen LogP contribution < -0.4 is 0 Å². The van der Waals surface area contributed by atoms with Gasteiger partial charge in [0.1, 0.15) is 0 Å². The molecule has 2 saturated carbocycles. The smallest absolute Gasteiger partial charge is 0.309 e. The molecule has 3 fully saturated rings. The van der Waals surface area contributed by atoms with Crippen LogP contribution >= 0.6 is 0 Å². The summed E-state index contributed by atoms with van der Waals surface area (Å²) in [6, 6.07) is 0. The van der Waals surface area contributed by atoms with Crippen LogP contribution in [0, 0.1) is 17.8 Å². The molecule has 4 nitrogen and oxygen atoms in total. The number of methoxy groups -OCH3 is 1. The topological polar surface area (TPSA) is 44.8 Å². The van der Waals surface area contributed by atoms with Crippen LogP contribution in [0.1, 0.15) is 19.3 Å². The Hall–Kier alpha value is -0.610. The summed E-state index contributed by atoms with van der Waals surface area (Å²) >= 11 is 0. The van der Waals surface area contributed by atoms with E-state index in [9.17, 15) is 4.79 Å². The molecule has 0 unspecified atom stereocenters. The molecule has 84 valence electrons. The van der Waals surface area contributed by atoms with Gasteiger partial charge in [-0.2, -0.15) is 0 Å². The van der Waals surface area contributed by atoms with Gasteiger partial charge in [-0.15, -0.1) is 0 Å². The van der Waals surface area contributed by atoms with E-state index >= 15 is 0 Å². The molecule has 0 radical (unpaired) electrons. The molecular formula is C11H16O4. The van der Waals surface area contributed by atoms with Gasteiger partial charge in [0.15, 0.2) is 5.79 Å². The third-order valence-corrected chi connectivity index (χ3v) is 4.15. The molecule has 1 aliphatic heterocycles. The second-order valence-electron chi connectivity index (χ2n) is 4.71. The Kier molecular flexibility index (Phi) is 2.04. The molecule has 3 atom stereocenters. The first-order valence-corrected chi connectivity index (χ1v) is 5.62. The van der Waals surface area contributed by atoms with E-state index in [0.717, 1.165) is 19.3 Å². The highest BCUT2D eigenvalue weighted by Gasteiger charge is 2.63. The number of carbonyl (C=O) groups excluding carboxylic acids is 1. The predicted molar refractivity (Wildman–Crippen MR) is 51.0 cm³/mol. The lowest BCUT2D eigenvalue weighted by Crippen LogP contribution is -2.38. The maximum absolute atomic E-state index is 11.7. The van der Waals surface area contributed by atoms with Crippen molar-refractivity contribution < 1.29 is 19.0 Å². The molecule has 1 heterocycles. The lowest BCUT2D eigenvalue weighted by molar-refractivity contribution is -0.195. The number of carbonyl (C=O) groups is 1. The number of hydrogen-bond acceptors (Lipinski definition) is 4. The third kappa shape index (κ3) is 1.18. The van der Waals surface area contributed by atoms with Crippen molar-refractivity contribution in [1.29, 1.82) is 0 Å². The SMILES string of the molecule is COC(=O)[C@@H]1[C@@H]2CC[C@H]1C1(C2)OCCO1. The normalized spacial score (nSPS) is 41.3. The Bertz CT molecular complexity index is 282. The van der Waals surface area contributed by atoms with E-state index < -0.39 is 5.79 Å². The second kappa shape index (κ2) is 3.19. The zero-order valence-corrected chi connectivity index (χ0v) is 8.90. The Morgan fingerprint density at radius 2 is 2.07 bits per heavy atom. The van der Waals surface area contributed by atoms with Gasteiger partial charge in [-0.25, -0.2) is 0 Å². The van der Waals surface area contributed by atoms with Crippen molar-refractivity contribution in [1.82, 2.24) is 0 Å². The summed E-state index contributed by atoms with van der Waals surface area (Å²) in [5, 5.41) is 0. The Morgan fingerprint density at radius 1 is 1.33 bits per heavy atom. The summed E-state index contributed by atoms with van der Waals surface area (Å²) in [5.41, 5.74) is 0. The van der Waals surface area contributed by atoms with Crippen LogP contribution in [0.4, 0.5) is 0 Å². The summed E-state index contributed by atoms with van der Waals surface area (Å²) in [6.45, 7) is 1.33. The van der Waals surface area contributed by atoms with Crippen LogP contribution in [0.15, 0.2) is 0 Å². The molecule has 0 aromatic rings. The Morgan fingerprint density at radius 3 is 2.73 bits per heavy atom. The molecule has 3 aliphatic rings. The number of rotatable bonds is 1. The van der Waals surface area contributed by atoms with Gasteiger partial charge in [0.05, 0.1) is 26.2 Å². The second-order valence-corrected chi connectivity index (χ2v) is 4.71. The van der Waals surface area contributed by atoms with Crippen molar-refractivity contribution in [2.75, 3.05) is 20.3 Å². The van der Waals surface area contributed by atoms with Gasteiger partial charge in [0.25, 0.3) is 0 Å². The van der Waals surface area contributed by atoms with Crippen molar-refractivity contribution in [3.8, 4) is 0 Å². The van der Waals surface area contributed by atoms with Crippen LogP contribution in [-0.2, 0) is 19.0 Å². The van der Waals surface area contributed by atoms with E-state index in [1.807, 2.05) is 0 Å². The lowest BCUT2D eigenvalue weighted by atomic mass is 9.93. The molecule has 15 heavy (non-hydrogen) atoms. The van der Waals surface area contributed by atoms with E-state index in [-0.39, 0.29) is 17.8 Å². The molecular weight excluding hydrogens is 196 g/mol. The molecule has 4 heteroatoms. The maximum atomic E-state index is 11.7. The first-order valence-electron chi connectivity index (χ1n) is 5.62. The van der Waals surface area contributed by atoms with E-state index in [0.29, 0.717) is 19.1 Å². The van der Waals surface area contributed by atoms with Crippen LogP contribution in [0.3, 0.4) is 0 Å². The van der Waals surface area contributed by atoms with Gasteiger partial charge < -0.3 is 14.2 Å². The van der Waals surface area contributed by atoms with E-state index in [2.05, 4.69) is 0 Å². The van der Waals surface area contributed by atoms with Gasteiger partial charge in [0.2, 0.25) is 0 Å². The highest BCUT2D eigenvalue weighted by Crippen LogP contribution is 2.58. The van der Waals surface area contributed by atoms with E-state index in [1.165, 1.54) is 7.11 Å². The standard InChI is InChI=1S/C11H16O4/c1-13-10(12)9-7-2-3-8(9)11(6-7)14-4-5-15-11/h7-9H,2-6H2,1H3/t7-,8-,9-/m1/s1. The monoisotopic (exact) mass is 212 g/mol. The van der Waals surface area contributed by atoms with Crippen LogP contribution in [0.2, 0.25) is 0 Å². The minimum absolute atomic E-state index is 0.00750. The van der Waals surface area contributed by atoms with Crippen LogP contribution in [0.25, 0.3) is 0 Å². The maximum Gasteiger partial charge on any atom is 0.309 e. The lowest BCUT2D eigenvalue weighted by Gasteiger charge is -2.31. The fourth-order valence-corrected chi connectivity index (χ4v) is 3.62. The largest absolute Gasteiger partial charge is 0.469 e. The fourth-order valence-electron chi connectivity index (χ4n) is 3.62. The van der Waals surface area contributed by atoms with E-state index in [1.54, 1.807) is 0 Å². The number of hydrogen-bond donors (Lipinski definition) is 0. The quantitative estimate of drug-likeness (QED) is 0.607. The minimum Gasteiger partial charge on any atom is -0.469 e. The van der Waals surface area contributed by atoms with Crippen LogP contribution in [-0.4, -0.2) is 32.1 Å². The molecule has 3 rings (SSSR count). The average molecular weight is 212 g/mol. The van der Waals surface area contributed by atoms with Crippen molar-refractivity contribution in [3.05, 3.63) is 0 Å². The predicted octanol–water partition coefficient (Wildman–Crippen LogP) is 0.949. The number of ether oxygens (including phenoxy) is 3. The summed E-state index contributed by atoms with van der Waals surface area (Å²) < 4.78 is 16.3. The molecule has 2 aliphatic carbocycles. The molecule has 0 amide bonds.